The number of nitrogens with one attached hydrogen (secondary N) is 1. The van der Waals surface area contributed by atoms with Gasteiger partial charge in [-0.3, -0.25) is 9.59 Å². The van der Waals surface area contributed by atoms with Crippen molar-refractivity contribution in [3.63, 3.8) is 0 Å². The first-order valence-electron chi connectivity index (χ1n) is 7.41. The van der Waals surface area contributed by atoms with Crippen LogP contribution in [0.4, 0.5) is 5.69 Å². The standard InChI is InChI=1S/C16H23N3O2/c1-18(2)14-8-6-13(7-9-14)16(21)17-10-12-19-11-4-3-5-15(19)20/h6-9H,3-5,10-12H2,1-2H3,(H,17,21). The van der Waals surface area contributed by atoms with E-state index in [0.29, 0.717) is 25.1 Å². The van der Waals surface area contributed by atoms with Crippen LogP contribution in [-0.2, 0) is 4.79 Å². The van der Waals surface area contributed by atoms with Gasteiger partial charge in [0.2, 0.25) is 5.91 Å². The topological polar surface area (TPSA) is 52.7 Å². The normalized spacial score (nSPS) is 15.0. The van der Waals surface area contributed by atoms with Crippen molar-refractivity contribution >= 4 is 17.5 Å². The first-order chi connectivity index (χ1) is 10.1. The Bertz CT molecular complexity index is 497. The summed E-state index contributed by atoms with van der Waals surface area (Å²) in [5, 5.41) is 2.87. The van der Waals surface area contributed by atoms with Crippen LogP contribution in [0.15, 0.2) is 24.3 Å². The van der Waals surface area contributed by atoms with E-state index in [-0.39, 0.29) is 11.8 Å². The maximum atomic E-state index is 12.0. The fourth-order valence-corrected chi connectivity index (χ4v) is 2.42. The number of benzene rings is 1. The first-order valence-corrected chi connectivity index (χ1v) is 7.41. The van der Waals surface area contributed by atoms with Crippen LogP contribution in [0, 0.1) is 0 Å². The van der Waals surface area contributed by atoms with Crippen LogP contribution >= 0.6 is 0 Å². The van der Waals surface area contributed by atoms with Crippen LogP contribution in [0.5, 0.6) is 0 Å². The van der Waals surface area contributed by atoms with Crippen molar-refractivity contribution in [2.24, 2.45) is 0 Å². The second-order valence-corrected chi connectivity index (χ2v) is 5.54. The van der Waals surface area contributed by atoms with E-state index < -0.39 is 0 Å². The summed E-state index contributed by atoms with van der Waals surface area (Å²) in [5.74, 6) is 0.107. The van der Waals surface area contributed by atoms with Crippen molar-refractivity contribution in [2.75, 3.05) is 38.6 Å². The molecule has 0 bridgehead atoms. The minimum absolute atomic E-state index is 0.0928. The molecule has 21 heavy (non-hydrogen) atoms. The predicted molar refractivity (Wildman–Crippen MR) is 83.5 cm³/mol. The molecule has 0 saturated carbocycles. The van der Waals surface area contributed by atoms with E-state index in [2.05, 4.69) is 5.32 Å². The third kappa shape index (κ3) is 4.21. The van der Waals surface area contributed by atoms with E-state index in [1.54, 1.807) is 0 Å². The predicted octanol–water partition coefficient (Wildman–Crippen LogP) is 1.49. The molecule has 5 heteroatoms. The summed E-state index contributed by atoms with van der Waals surface area (Å²) in [6.07, 6.45) is 2.69. The maximum absolute atomic E-state index is 12.0. The molecule has 0 spiro atoms. The molecular weight excluding hydrogens is 266 g/mol. The number of carbonyl (C=O) groups is 2. The van der Waals surface area contributed by atoms with Crippen molar-refractivity contribution in [1.82, 2.24) is 10.2 Å². The fourth-order valence-electron chi connectivity index (χ4n) is 2.42. The highest BCUT2D eigenvalue weighted by Gasteiger charge is 2.17. The van der Waals surface area contributed by atoms with Crippen LogP contribution in [-0.4, -0.2) is 50.4 Å². The summed E-state index contributed by atoms with van der Waals surface area (Å²) in [6.45, 7) is 1.91. The van der Waals surface area contributed by atoms with Gasteiger partial charge in [0.15, 0.2) is 0 Å². The molecule has 1 fully saturated rings. The van der Waals surface area contributed by atoms with Crippen molar-refractivity contribution < 1.29 is 9.59 Å². The van der Waals surface area contributed by atoms with Crippen LogP contribution < -0.4 is 10.2 Å². The van der Waals surface area contributed by atoms with Crippen LogP contribution in [0.3, 0.4) is 0 Å². The van der Waals surface area contributed by atoms with E-state index >= 15 is 0 Å². The quantitative estimate of drug-likeness (QED) is 0.893. The molecular formula is C16H23N3O2. The Labute approximate surface area is 125 Å². The van der Waals surface area contributed by atoms with Gasteiger partial charge in [-0.1, -0.05) is 0 Å². The minimum Gasteiger partial charge on any atom is -0.378 e. The molecule has 5 nitrogen and oxygen atoms in total. The summed E-state index contributed by atoms with van der Waals surface area (Å²) < 4.78 is 0. The lowest BCUT2D eigenvalue weighted by Gasteiger charge is -2.26. The van der Waals surface area contributed by atoms with E-state index in [1.807, 2.05) is 48.2 Å². The van der Waals surface area contributed by atoms with Gasteiger partial charge in [0.05, 0.1) is 0 Å². The fraction of sp³-hybridized carbons (Fsp3) is 0.500. The molecule has 0 unspecified atom stereocenters. The Hall–Kier alpha value is -2.04. The number of nitrogens with zero attached hydrogens (tertiary/aromatic N) is 2. The van der Waals surface area contributed by atoms with Crippen LogP contribution in [0.2, 0.25) is 0 Å². The average Bonchev–Trinajstić information content (AvgIpc) is 2.49. The Kier molecular flexibility index (Phi) is 5.20. The van der Waals surface area contributed by atoms with Gasteiger partial charge in [0, 0.05) is 51.4 Å². The molecule has 1 aromatic carbocycles. The summed E-state index contributed by atoms with van der Waals surface area (Å²) in [6, 6.07) is 7.47. The number of anilines is 1. The lowest BCUT2D eigenvalue weighted by atomic mass is 10.1. The second-order valence-electron chi connectivity index (χ2n) is 5.54. The molecule has 1 saturated heterocycles. The van der Waals surface area contributed by atoms with Gasteiger partial charge in [-0.05, 0) is 37.1 Å². The van der Waals surface area contributed by atoms with E-state index in [9.17, 15) is 9.59 Å². The average molecular weight is 289 g/mol. The number of amides is 2. The van der Waals surface area contributed by atoms with Gasteiger partial charge in [-0.2, -0.15) is 0 Å². The smallest absolute Gasteiger partial charge is 0.251 e. The molecule has 2 rings (SSSR count). The number of piperidine rings is 1. The number of likely N-dealkylation sites (tertiary alicyclic amines) is 1. The van der Waals surface area contributed by atoms with E-state index in [1.165, 1.54) is 0 Å². The third-order valence-electron chi connectivity index (χ3n) is 3.73. The van der Waals surface area contributed by atoms with Crippen molar-refractivity contribution in [1.29, 1.82) is 0 Å². The lowest BCUT2D eigenvalue weighted by molar-refractivity contribution is -0.133. The molecule has 1 aromatic rings. The number of carbonyl (C=O) groups excluding carboxylic acids is 2. The summed E-state index contributed by atoms with van der Waals surface area (Å²) in [4.78, 5) is 27.5. The van der Waals surface area contributed by atoms with E-state index in [4.69, 9.17) is 0 Å². The molecule has 0 aromatic heterocycles. The molecule has 0 aliphatic carbocycles. The Morgan fingerprint density at radius 1 is 1.24 bits per heavy atom. The van der Waals surface area contributed by atoms with Crippen molar-refractivity contribution in [3.05, 3.63) is 29.8 Å². The molecule has 0 radical (unpaired) electrons. The summed E-state index contributed by atoms with van der Waals surface area (Å²) in [5.41, 5.74) is 1.70. The highest BCUT2D eigenvalue weighted by atomic mass is 16.2. The van der Waals surface area contributed by atoms with Gasteiger partial charge in [-0.15, -0.1) is 0 Å². The Morgan fingerprint density at radius 2 is 1.95 bits per heavy atom. The third-order valence-corrected chi connectivity index (χ3v) is 3.73. The zero-order chi connectivity index (χ0) is 15.2. The second kappa shape index (κ2) is 7.11. The van der Waals surface area contributed by atoms with Gasteiger partial charge in [-0.25, -0.2) is 0 Å². The highest BCUT2D eigenvalue weighted by Crippen LogP contribution is 2.12. The Morgan fingerprint density at radius 3 is 2.57 bits per heavy atom. The van der Waals surface area contributed by atoms with E-state index in [0.717, 1.165) is 25.1 Å². The lowest BCUT2D eigenvalue weighted by Crippen LogP contribution is -2.41. The van der Waals surface area contributed by atoms with Gasteiger partial charge in [0.25, 0.3) is 5.91 Å². The number of rotatable bonds is 5. The minimum atomic E-state index is -0.0928. The molecule has 1 N–H and O–H groups in total. The molecule has 1 aliphatic rings. The van der Waals surface area contributed by atoms with Gasteiger partial charge < -0.3 is 15.1 Å². The Balaban J connectivity index is 1.80. The zero-order valence-corrected chi connectivity index (χ0v) is 12.8. The first kappa shape index (κ1) is 15.4. The maximum Gasteiger partial charge on any atom is 0.251 e. The molecule has 1 aliphatic heterocycles. The largest absolute Gasteiger partial charge is 0.378 e. The molecule has 114 valence electrons. The monoisotopic (exact) mass is 289 g/mol. The zero-order valence-electron chi connectivity index (χ0n) is 12.8. The van der Waals surface area contributed by atoms with Crippen molar-refractivity contribution in [3.8, 4) is 0 Å². The molecule has 1 heterocycles. The van der Waals surface area contributed by atoms with Crippen LogP contribution in [0.1, 0.15) is 29.6 Å². The highest BCUT2D eigenvalue weighted by molar-refractivity contribution is 5.94. The number of hydrogen-bond donors (Lipinski definition) is 1. The van der Waals surface area contributed by atoms with Gasteiger partial charge >= 0.3 is 0 Å². The summed E-state index contributed by atoms with van der Waals surface area (Å²) >= 11 is 0. The molecule has 2 amide bonds. The van der Waals surface area contributed by atoms with Crippen molar-refractivity contribution in [2.45, 2.75) is 19.3 Å². The number of hydrogen-bond acceptors (Lipinski definition) is 3. The SMILES string of the molecule is CN(C)c1ccc(C(=O)NCCN2CCCCC2=O)cc1. The van der Waals surface area contributed by atoms with Crippen LogP contribution in [0.25, 0.3) is 0 Å². The molecule has 0 atom stereocenters. The van der Waals surface area contributed by atoms with Gasteiger partial charge in [0.1, 0.15) is 0 Å². The summed E-state index contributed by atoms with van der Waals surface area (Å²) in [7, 11) is 3.93.